The summed E-state index contributed by atoms with van der Waals surface area (Å²) in [5.41, 5.74) is 6.05. The molecule has 1 atom stereocenters. The van der Waals surface area contributed by atoms with Gasteiger partial charge in [0.1, 0.15) is 5.75 Å². The van der Waals surface area contributed by atoms with E-state index in [-0.39, 0.29) is 0 Å². The lowest BCUT2D eigenvalue weighted by molar-refractivity contribution is 0.416. The number of benzene rings is 1. The van der Waals surface area contributed by atoms with Crippen molar-refractivity contribution in [3.05, 3.63) is 18.2 Å². The predicted molar refractivity (Wildman–Crippen MR) is 52.5 cm³/mol. The molecule has 0 aliphatic heterocycles. The van der Waals surface area contributed by atoms with Gasteiger partial charge < -0.3 is 10.5 Å². The van der Waals surface area contributed by atoms with Crippen LogP contribution in [0.5, 0.6) is 5.75 Å². The Morgan fingerprint density at radius 3 is 2.62 bits per heavy atom. The molecule has 0 radical (unpaired) electrons. The Morgan fingerprint density at radius 1 is 1.54 bits per heavy atom. The molecule has 0 aromatic heterocycles. The third kappa shape index (κ3) is 2.12. The maximum Gasteiger partial charge on any atom is 0.142 e. The Labute approximate surface area is 77.7 Å². The monoisotopic (exact) mass is 200 g/mol. The number of nitrogen functional groups attached to an aromatic ring is 1. The minimum atomic E-state index is -2.69. The topological polar surface area (TPSA) is 76.2 Å². The molecule has 4 nitrogen and oxygen atoms in total. The minimum absolute atomic E-state index is 0.429. The summed E-state index contributed by atoms with van der Waals surface area (Å²) in [5.74, 6) is 0.458. The number of hydrogen-bond donors (Lipinski definition) is 2. The van der Waals surface area contributed by atoms with Gasteiger partial charge in [-0.1, -0.05) is 0 Å². The van der Waals surface area contributed by atoms with E-state index >= 15 is 0 Å². The first kappa shape index (κ1) is 9.85. The predicted octanol–water partition coefficient (Wildman–Crippen LogP) is 1.31. The van der Waals surface area contributed by atoms with Crippen molar-refractivity contribution >= 4 is 15.4 Å². The number of nitrogens with one attached hydrogen (secondary N) is 1. The summed E-state index contributed by atoms with van der Waals surface area (Å²) in [6.45, 7) is 0. The molecule has 1 unspecified atom stereocenters. The van der Waals surface area contributed by atoms with Crippen molar-refractivity contribution in [3.63, 3.8) is 0 Å². The number of rotatable bonds is 2. The molecule has 1 rings (SSSR count). The van der Waals surface area contributed by atoms with Gasteiger partial charge in [0.15, 0.2) is 0 Å². The van der Waals surface area contributed by atoms with Gasteiger partial charge in [0.05, 0.1) is 27.4 Å². The molecule has 3 N–H and O–H groups in total. The van der Waals surface area contributed by atoms with E-state index in [0.717, 1.165) is 0 Å². The molecule has 0 aliphatic rings. The van der Waals surface area contributed by atoms with Crippen LogP contribution < -0.4 is 10.5 Å². The Bertz CT molecular complexity index is 412. The maximum absolute atomic E-state index is 11.3. The highest BCUT2D eigenvalue weighted by molar-refractivity contribution is 7.91. The zero-order valence-corrected chi connectivity index (χ0v) is 8.35. The average molecular weight is 200 g/mol. The van der Waals surface area contributed by atoms with Crippen LogP contribution in [0.3, 0.4) is 0 Å². The van der Waals surface area contributed by atoms with E-state index in [0.29, 0.717) is 16.3 Å². The first-order valence-corrected chi connectivity index (χ1v) is 5.59. The normalized spacial score (nSPS) is 14.9. The highest BCUT2D eigenvalue weighted by Crippen LogP contribution is 2.24. The molecule has 72 valence electrons. The summed E-state index contributed by atoms with van der Waals surface area (Å²) in [6.07, 6.45) is 1.36. The van der Waals surface area contributed by atoms with Crippen molar-refractivity contribution < 1.29 is 8.95 Å². The van der Waals surface area contributed by atoms with Gasteiger partial charge in [-0.3, -0.25) is 0 Å². The summed E-state index contributed by atoms with van der Waals surface area (Å²) in [5, 5.41) is 0. The van der Waals surface area contributed by atoms with E-state index in [1.165, 1.54) is 19.4 Å². The van der Waals surface area contributed by atoms with Crippen molar-refractivity contribution in [1.82, 2.24) is 0 Å². The molecule has 0 spiro atoms. The van der Waals surface area contributed by atoms with E-state index < -0.39 is 9.73 Å². The van der Waals surface area contributed by atoms with Crippen LogP contribution in [0.25, 0.3) is 0 Å². The zero-order chi connectivity index (χ0) is 10.1. The lowest BCUT2D eigenvalue weighted by atomic mass is 10.3. The molecule has 0 saturated heterocycles. The Balaban J connectivity index is 3.30. The Kier molecular flexibility index (Phi) is 2.47. The summed E-state index contributed by atoms with van der Waals surface area (Å²) >= 11 is 0. The second-order valence-corrected chi connectivity index (χ2v) is 4.91. The molecule has 0 bridgehead atoms. The molecule has 1 aromatic rings. The molecule has 13 heavy (non-hydrogen) atoms. The van der Waals surface area contributed by atoms with Gasteiger partial charge in [-0.25, -0.2) is 8.99 Å². The fourth-order valence-electron chi connectivity index (χ4n) is 0.934. The molecular weight excluding hydrogens is 188 g/mol. The van der Waals surface area contributed by atoms with Crippen LogP contribution in [0.2, 0.25) is 0 Å². The van der Waals surface area contributed by atoms with Gasteiger partial charge >= 0.3 is 0 Å². The Morgan fingerprint density at radius 2 is 2.15 bits per heavy atom. The highest BCUT2D eigenvalue weighted by Gasteiger charge is 2.06. The summed E-state index contributed by atoms with van der Waals surface area (Å²) in [7, 11) is -1.20. The molecule has 0 fully saturated rings. The molecular formula is C8H12N2O2S. The van der Waals surface area contributed by atoms with Crippen LogP contribution >= 0.6 is 0 Å². The fraction of sp³-hybridized carbons (Fsp3) is 0.250. The van der Waals surface area contributed by atoms with Crippen molar-refractivity contribution in [2.75, 3.05) is 19.1 Å². The molecule has 0 saturated carbocycles. The number of anilines is 1. The van der Waals surface area contributed by atoms with Crippen LogP contribution in [0.15, 0.2) is 23.1 Å². The number of nitrogens with two attached hydrogens (primary N) is 1. The molecule has 0 amide bonds. The highest BCUT2D eigenvalue weighted by atomic mass is 32.2. The smallest absolute Gasteiger partial charge is 0.142 e. The average Bonchev–Trinajstić information content (AvgIpc) is 2.03. The summed E-state index contributed by atoms with van der Waals surface area (Å²) in [4.78, 5) is 0.429. The van der Waals surface area contributed by atoms with Crippen LogP contribution in [-0.2, 0) is 9.73 Å². The second-order valence-electron chi connectivity index (χ2n) is 2.75. The van der Waals surface area contributed by atoms with Crippen molar-refractivity contribution in [2.45, 2.75) is 4.90 Å². The number of hydrogen-bond acceptors (Lipinski definition) is 4. The van der Waals surface area contributed by atoms with Gasteiger partial charge in [-0.2, -0.15) is 0 Å². The van der Waals surface area contributed by atoms with E-state index in [9.17, 15) is 4.21 Å². The van der Waals surface area contributed by atoms with Crippen LogP contribution in [0, 0.1) is 4.78 Å². The number of ether oxygens (including phenoxy) is 1. The van der Waals surface area contributed by atoms with E-state index in [1.807, 2.05) is 0 Å². The second kappa shape index (κ2) is 3.26. The standard InChI is InChI=1S/C8H12N2O2S/c1-12-8-5-6(13(2,10)11)3-4-7(8)9/h3-5,10H,9H2,1-2H3. The van der Waals surface area contributed by atoms with Crippen LogP contribution in [0.1, 0.15) is 0 Å². The van der Waals surface area contributed by atoms with Crippen LogP contribution in [0.4, 0.5) is 5.69 Å². The lowest BCUT2D eigenvalue weighted by Crippen LogP contribution is -1.98. The van der Waals surface area contributed by atoms with Gasteiger partial charge in [0.2, 0.25) is 0 Å². The molecule has 1 aromatic carbocycles. The van der Waals surface area contributed by atoms with Gasteiger partial charge in [-0.05, 0) is 18.2 Å². The Hall–Kier alpha value is -1.23. The zero-order valence-electron chi connectivity index (χ0n) is 7.53. The third-order valence-corrected chi connectivity index (χ3v) is 2.81. The molecule has 0 heterocycles. The van der Waals surface area contributed by atoms with E-state index in [1.54, 1.807) is 12.1 Å². The van der Waals surface area contributed by atoms with Gasteiger partial charge in [0, 0.05) is 6.26 Å². The first-order chi connectivity index (χ1) is 5.95. The maximum atomic E-state index is 11.3. The largest absolute Gasteiger partial charge is 0.495 e. The molecule has 0 aliphatic carbocycles. The summed E-state index contributed by atoms with van der Waals surface area (Å²) < 4.78 is 23.6. The van der Waals surface area contributed by atoms with Crippen molar-refractivity contribution in [2.24, 2.45) is 0 Å². The van der Waals surface area contributed by atoms with E-state index in [2.05, 4.69) is 0 Å². The minimum Gasteiger partial charge on any atom is -0.495 e. The summed E-state index contributed by atoms with van der Waals surface area (Å²) in [6, 6.07) is 4.70. The SMILES string of the molecule is COc1cc(S(C)(=N)=O)ccc1N. The van der Waals surface area contributed by atoms with Crippen molar-refractivity contribution in [3.8, 4) is 5.75 Å². The first-order valence-electron chi connectivity index (χ1n) is 3.62. The van der Waals surface area contributed by atoms with Gasteiger partial charge in [0.25, 0.3) is 0 Å². The third-order valence-electron chi connectivity index (χ3n) is 1.65. The van der Waals surface area contributed by atoms with E-state index in [4.69, 9.17) is 15.3 Å². The quantitative estimate of drug-likeness (QED) is 0.707. The number of methoxy groups -OCH3 is 1. The van der Waals surface area contributed by atoms with Gasteiger partial charge in [-0.15, -0.1) is 0 Å². The lowest BCUT2D eigenvalue weighted by Gasteiger charge is -2.06. The fourth-order valence-corrected chi connectivity index (χ4v) is 1.59. The van der Waals surface area contributed by atoms with Crippen LogP contribution in [-0.4, -0.2) is 17.6 Å². The molecule has 5 heteroatoms. The van der Waals surface area contributed by atoms with Crippen molar-refractivity contribution in [1.29, 1.82) is 4.78 Å².